The van der Waals surface area contributed by atoms with Crippen molar-refractivity contribution in [1.82, 2.24) is 20.4 Å². The Kier molecular flexibility index (Phi) is 8.07. The van der Waals surface area contributed by atoms with Gasteiger partial charge in [-0.05, 0) is 64.5 Å². The minimum Gasteiger partial charge on any atom is -0.329 e. The van der Waals surface area contributed by atoms with E-state index in [0.717, 1.165) is 63.0 Å². The molecule has 4 amide bonds. The van der Waals surface area contributed by atoms with Gasteiger partial charge in [-0.15, -0.1) is 0 Å². The van der Waals surface area contributed by atoms with E-state index in [1.807, 2.05) is 43.6 Å². The first-order chi connectivity index (χ1) is 15.2. The lowest BCUT2D eigenvalue weighted by Crippen LogP contribution is -2.49. The minimum absolute atomic E-state index is 0.0102. The third kappa shape index (κ3) is 6.39. The highest BCUT2D eigenvalue weighted by molar-refractivity contribution is 5.76. The second-order valence-corrected chi connectivity index (χ2v) is 10.5. The summed E-state index contributed by atoms with van der Waals surface area (Å²) in [5, 5.41) is 6.48. The summed E-state index contributed by atoms with van der Waals surface area (Å²) in [7, 11) is 0. The number of benzene rings is 1. The lowest BCUT2D eigenvalue weighted by molar-refractivity contribution is 0.188. The molecule has 0 bridgehead atoms. The molecule has 2 heterocycles. The minimum atomic E-state index is -0.510. The molecular formula is C26H42N4O2. The molecule has 0 radical (unpaired) electrons. The molecule has 0 spiro atoms. The highest BCUT2D eigenvalue weighted by Crippen LogP contribution is 2.27. The monoisotopic (exact) mass is 442 g/mol. The molecule has 0 saturated carbocycles. The van der Waals surface area contributed by atoms with Crippen molar-refractivity contribution in [3.63, 3.8) is 0 Å². The Morgan fingerprint density at radius 3 is 1.34 bits per heavy atom. The number of urea groups is 2. The first-order valence-electron chi connectivity index (χ1n) is 12.4. The molecule has 178 valence electrons. The first-order valence-corrected chi connectivity index (χ1v) is 12.4. The van der Waals surface area contributed by atoms with Crippen LogP contribution in [-0.2, 0) is 11.1 Å². The number of likely N-dealkylation sites (tertiary alicyclic amines) is 2. The normalized spacial score (nSPS) is 18.5. The molecule has 2 fully saturated rings. The van der Waals surface area contributed by atoms with E-state index < -0.39 is 11.1 Å². The number of carbonyl (C=O) groups is 2. The van der Waals surface area contributed by atoms with Gasteiger partial charge < -0.3 is 20.4 Å². The van der Waals surface area contributed by atoms with Gasteiger partial charge in [-0.1, -0.05) is 49.9 Å². The van der Waals surface area contributed by atoms with E-state index in [2.05, 4.69) is 28.8 Å². The van der Waals surface area contributed by atoms with Gasteiger partial charge in [0.15, 0.2) is 0 Å². The van der Waals surface area contributed by atoms with E-state index in [-0.39, 0.29) is 12.1 Å². The van der Waals surface area contributed by atoms with Crippen LogP contribution in [0.4, 0.5) is 9.59 Å². The summed E-state index contributed by atoms with van der Waals surface area (Å²) < 4.78 is 0. The Bertz CT molecular complexity index is 713. The molecule has 6 heteroatoms. The standard InChI is InChI=1S/C26H42N4O2/c1-25(2,27-23(31)29-16-9-5-6-10-17-29)21-14-13-15-22(20-21)26(3,4)28-24(32)30-18-11-7-8-12-19-30/h13-15,20H,5-12,16-19H2,1-4H3,(H,27,31)(H,28,32). The van der Waals surface area contributed by atoms with Crippen LogP contribution < -0.4 is 10.6 Å². The van der Waals surface area contributed by atoms with Gasteiger partial charge in [0, 0.05) is 26.2 Å². The SMILES string of the molecule is CC(C)(NC(=O)N1CCCCCC1)c1cccc(C(C)(C)NC(=O)N2CCCCCC2)c1. The van der Waals surface area contributed by atoms with E-state index >= 15 is 0 Å². The zero-order valence-corrected chi connectivity index (χ0v) is 20.5. The number of nitrogens with one attached hydrogen (secondary N) is 2. The highest BCUT2D eigenvalue weighted by atomic mass is 16.2. The number of rotatable bonds is 4. The van der Waals surface area contributed by atoms with Gasteiger partial charge in [-0.25, -0.2) is 9.59 Å². The van der Waals surface area contributed by atoms with Crippen molar-refractivity contribution < 1.29 is 9.59 Å². The maximum atomic E-state index is 12.9. The Morgan fingerprint density at radius 2 is 1.00 bits per heavy atom. The zero-order chi connectivity index (χ0) is 23.2. The number of hydrogen-bond acceptors (Lipinski definition) is 2. The maximum absolute atomic E-state index is 12.9. The van der Waals surface area contributed by atoms with Gasteiger partial charge in [0.05, 0.1) is 11.1 Å². The number of carbonyl (C=O) groups excluding carboxylic acids is 2. The molecule has 2 saturated heterocycles. The molecule has 2 N–H and O–H groups in total. The maximum Gasteiger partial charge on any atom is 0.318 e. The summed E-state index contributed by atoms with van der Waals surface area (Å²) in [6.45, 7) is 11.5. The van der Waals surface area contributed by atoms with Crippen LogP contribution in [-0.4, -0.2) is 48.0 Å². The van der Waals surface area contributed by atoms with Crippen molar-refractivity contribution in [3.05, 3.63) is 35.4 Å². The molecule has 32 heavy (non-hydrogen) atoms. The van der Waals surface area contributed by atoms with Crippen LogP contribution in [0.15, 0.2) is 24.3 Å². The highest BCUT2D eigenvalue weighted by Gasteiger charge is 2.30. The smallest absolute Gasteiger partial charge is 0.318 e. The quantitative estimate of drug-likeness (QED) is 0.662. The molecule has 0 aliphatic carbocycles. The first kappa shape index (κ1) is 24.4. The summed E-state index contributed by atoms with van der Waals surface area (Å²) in [6, 6.07) is 8.26. The van der Waals surface area contributed by atoms with Gasteiger partial charge in [-0.2, -0.15) is 0 Å². The van der Waals surface area contributed by atoms with Crippen LogP contribution >= 0.6 is 0 Å². The van der Waals surface area contributed by atoms with Crippen molar-refractivity contribution in [3.8, 4) is 0 Å². The van der Waals surface area contributed by atoms with Crippen molar-refractivity contribution in [2.45, 2.75) is 90.1 Å². The molecule has 2 aliphatic rings. The van der Waals surface area contributed by atoms with Crippen LogP contribution in [0.5, 0.6) is 0 Å². The summed E-state index contributed by atoms with van der Waals surface area (Å²) in [6.07, 6.45) is 9.12. The Balaban J connectivity index is 1.69. The lowest BCUT2D eigenvalue weighted by atomic mass is 9.87. The third-order valence-corrected chi connectivity index (χ3v) is 6.93. The van der Waals surface area contributed by atoms with E-state index in [1.165, 1.54) is 25.7 Å². The van der Waals surface area contributed by atoms with Gasteiger partial charge in [0.2, 0.25) is 0 Å². The van der Waals surface area contributed by atoms with Crippen LogP contribution in [0.3, 0.4) is 0 Å². The molecule has 3 rings (SSSR count). The van der Waals surface area contributed by atoms with Crippen LogP contribution in [0.1, 0.15) is 90.2 Å². The Labute approximate surface area is 194 Å². The summed E-state index contributed by atoms with van der Waals surface area (Å²) in [5.41, 5.74) is 1.06. The predicted molar refractivity (Wildman–Crippen MR) is 130 cm³/mol. The van der Waals surface area contributed by atoms with Gasteiger partial charge in [0.25, 0.3) is 0 Å². The number of nitrogens with zero attached hydrogens (tertiary/aromatic N) is 2. The van der Waals surface area contributed by atoms with E-state index in [4.69, 9.17) is 0 Å². The van der Waals surface area contributed by atoms with Crippen molar-refractivity contribution in [1.29, 1.82) is 0 Å². The lowest BCUT2D eigenvalue weighted by Gasteiger charge is -2.34. The van der Waals surface area contributed by atoms with E-state index in [1.54, 1.807) is 0 Å². The average molecular weight is 443 g/mol. The number of amides is 4. The zero-order valence-electron chi connectivity index (χ0n) is 20.5. The van der Waals surface area contributed by atoms with Crippen molar-refractivity contribution in [2.24, 2.45) is 0 Å². The van der Waals surface area contributed by atoms with Crippen molar-refractivity contribution in [2.75, 3.05) is 26.2 Å². The molecule has 2 aliphatic heterocycles. The molecular weight excluding hydrogens is 400 g/mol. The van der Waals surface area contributed by atoms with Crippen LogP contribution in [0.2, 0.25) is 0 Å². The van der Waals surface area contributed by atoms with E-state index in [9.17, 15) is 9.59 Å². The average Bonchev–Trinajstić information content (AvgIpc) is 3.19. The van der Waals surface area contributed by atoms with Crippen molar-refractivity contribution >= 4 is 12.1 Å². The molecule has 0 atom stereocenters. The fourth-order valence-corrected chi connectivity index (χ4v) is 4.68. The molecule has 1 aromatic carbocycles. The summed E-state index contributed by atoms with van der Waals surface area (Å²) >= 11 is 0. The Morgan fingerprint density at radius 1 is 0.656 bits per heavy atom. The fraction of sp³-hybridized carbons (Fsp3) is 0.692. The van der Waals surface area contributed by atoms with Gasteiger partial charge >= 0.3 is 12.1 Å². The number of hydrogen-bond donors (Lipinski definition) is 2. The van der Waals surface area contributed by atoms with Crippen LogP contribution in [0, 0.1) is 0 Å². The van der Waals surface area contributed by atoms with Gasteiger partial charge in [0.1, 0.15) is 0 Å². The summed E-state index contributed by atoms with van der Waals surface area (Å²) in [5.74, 6) is 0. The van der Waals surface area contributed by atoms with E-state index in [0.29, 0.717) is 0 Å². The molecule has 0 aromatic heterocycles. The molecule has 1 aromatic rings. The van der Waals surface area contributed by atoms with Crippen LogP contribution in [0.25, 0.3) is 0 Å². The second kappa shape index (κ2) is 10.6. The third-order valence-electron chi connectivity index (χ3n) is 6.93. The topological polar surface area (TPSA) is 64.7 Å². The predicted octanol–water partition coefficient (Wildman–Crippen LogP) is 5.33. The Hall–Kier alpha value is -2.24. The fourth-order valence-electron chi connectivity index (χ4n) is 4.68. The van der Waals surface area contributed by atoms with Gasteiger partial charge in [-0.3, -0.25) is 0 Å². The summed E-state index contributed by atoms with van der Waals surface area (Å²) in [4.78, 5) is 29.7. The molecule has 6 nitrogen and oxygen atoms in total. The molecule has 0 unspecified atom stereocenters. The largest absolute Gasteiger partial charge is 0.329 e. The second-order valence-electron chi connectivity index (χ2n) is 10.5.